The molecule has 2 aliphatic heterocycles. The second kappa shape index (κ2) is 9.20. The number of carbonyl (C=O) groups is 1. The lowest BCUT2D eigenvalue weighted by Gasteiger charge is -2.35. The number of rotatable bonds is 4. The van der Waals surface area contributed by atoms with E-state index in [1.54, 1.807) is 6.20 Å². The van der Waals surface area contributed by atoms with Gasteiger partial charge in [0.2, 0.25) is 0 Å². The molecule has 0 atom stereocenters. The number of likely N-dealkylation sites (tertiary alicyclic amines) is 1. The minimum atomic E-state index is 0.133. The zero-order valence-electron chi connectivity index (χ0n) is 16.6. The first-order chi connectivity index (χ1) is 13.8. The van der Waals surface area contributed by atoms with E-state index in [9.17, 15) is 4.79 Å². The van der Waals surface area contributed by atoms with Gasteiger partial charge in [-0.05, 0) is 30.5 Å². The van der Waals surface area contributed by atoms with Crippen molar-refractivity contribution in [1.29, 1.82) is 0 Å². The maximum Gasteiger partial charge on any atom is 0.255 e. The predicted molar refractivity (Wildman–Crippen MR) is 113 cm³/mol. The van der Waals surface area contributed by atoms with Gasteiger partial charge in [-0.3, -0.25) is 9.69 Å². The molecule has 5 nitrogen and oxygen atoms in total. The first-order valence-corrected chi connectivity index (χ1v) is 10.6. The van der Waals surface area contributed by atoms with Crippen LogP contribution in [0, 0.1) is 0 Å². The van der Waals surface area contributed by atoms with Crippen LogP contribution in [0.2, 0.25) is 0 Å². The molecule has 2 aliphatic rings. The van der Waals surface area contributed by atoms with Crippen LogP contribution in [0.3, 0.4) is 0 Å². The first kappa shape index (κ1) is 18.9. The average Bonchev–Trinajstić information content (AvgIpc) is 3.04. The van der Waals surface area contributed by atoms with Crippen molar-refractivity contribution in [2.24, 2.45) is 0 Å². The molecule has 5 heteroatoms. The molecule has 2 fully saturated rings. The number of anilines is 1. The van der Waals surface area contributed by atoms with Crippen molar-refractivity contribution in [2.75, 3.05) is 44.2 Å². The van der Waals surface area contributed by atoms with Crippen molar-refractivity contribution in [1.82, 2.24) is 14.8 Å². The molecule has 2 aromatic rings. The number of amides is 1. The molecule has 0 bridgehead atoms. The van der Waals surface area contributed by atoms with E-state index in [0.29, 0.717) is 5.56 Å². The van der Waals surface area contributed by atoms with E-state index in [0.717, 1.165) is 64.5 Å². The largest absolute Gasteiger partial charge is 0.354 e. The van der Waals surface area contributed by atoms with Gasteiger partial charge in [0, 0.05) is 52.0 Å². The summed E-state index contributed by atoms with van der Waals surface area (Å²) in [5, 5.41) is 0. The lowest BCUT2D eigenvalue weighted by molar-refractivity contribution is 0.0761. The normalized spacial score (nSPS) is 18.7. The van der Waals surface area contributed by atoms with Gasteiger partial charge in [-0.15, -0.1) is 0 Å². The van der Waals surface area contributed by atoms with Crippen molar-refractivity contribution in [3.63, 3.8) is 0 Å². The van der Waals surface area contributed by atoms with E-state index in [2.05, 4.69) is 45.1 Å². The zero-order chi connectivity index (χ0) is 19.2. The summed E-state index contributed by atoms with van der Waals surface area (Å²) in [5.74, 6) is 1.11. The van der Waals surface area contributed by atoms with Crippen LogP contribution in [0.4, 0.5) is 5.82 Å². The molecule has 1 aromatic heterocycles. The molecule has 3 heterocycles. The predicted octanol–water partition coefficient (Wildman–Crippen LogP) is 3.42. The minimum Gasteiger partial charge on any atom is -0.354 e. The number of piperazine rings is 1. The number of benzene rings is 1. The second-order valence-electron chi connectivity index (χ2n) is 7.86. The van der Waals surface area contributed by atoms with Gasteiger partial charge >= 0.3 is 0 Å². The number of aromatic nitrogens is 1. The van der Waals surface area contributed by atoms with Crippen molar-refractivity contribution in [2.45, 2.75) is 32.2 Å². The van der Waals surface area contributed by atoms with Gasteiger partial charge in [0.15, 0.2) is 0 Å². The Balaban J connectivity index is 1.31. The number of hydrogen-bond donors (Lipinski definition) is 0. The fourth-order valence-electron chi connectivity index (χ4n) is 4.13. The van der Waals surface area contributed by atoms with Crippen molar-refractivity contribution in [3.05, 3.63) is 59.8 Å². The zero-order valence-corrected chi connectivity index (χ0v) is 16.6. The fourth-order valence-corrected chi connectivity index (χ4v) is 4.13. The summed E-state index contributed by atoms with van der Waals surface area (Å²) in [6.07, 6.45) is 6.46. The van der Waals surface area contributed by atoms with E-state index >= 15 is 0 Å². The topological polar surface area (TPSA) is 39.7 Å². The maximum absolute atomic E-state index is 12.7. The molecule has 0 radical (unpaired) electrons. The molecule has 0 saturated carbocycles. The monoisotopic (exact) mass is 378 g/mol. The molecule has 28 heavy (non-hydrogen) atoms. The first-order valence-electron chi connectivity index (χ1n) is 10.6. The maximum atomic E-state index is 12.7. The third-order valence-electron chi connectivity index (χ3n) is 5.83. The summed E-state index contributed by atoms with van der Waals surface area (Å²) in [6, 6.07) is 14.6. The van der Waals surface area contributed by atoms with E-state index < -0.39 is 0 Å². The van der Waals surface area contributed by atoms with Crippen LogP contribution < -0.4 is 4.90 Å². The summed E-state index contributed by atoms with van der Waals surface area (Å²) in [5.41, 5.74) is 2.08. The van der Waals surface area contributed by atoms with Gasteiger partial charge in [-0.2, -0.15) is 0 Å². The third-order valence-corrected chi connectivity index (χ3v) is 5.83. The molecule has 0 aliphatic carbocycles. The Bertz CT molecular complexity index is 746. The Kier molecular flexibility index (Phi) is 6.22. The standard InChI is InChI=1S/C23H30N4O/c28-23(27-12-6-1-2-7-13-27)21-10-11-22(24-18-21)26-16-14-25(15-17-26)19-20-8-4-3-5-9-20/h3-5,8-11,18H,1-2,6-7,12-17,19H2. The van der Waals surface area contributed by atoms with Gasteiger partial charge in [-0.1, -0.05) is 43.2 Å². The molecule has 148 valence electrons. The number of nitrogens with zero attached hydrogens (tertiary/aromatic N) is 4. The Morgan fingerprint density at radius 3 is 2.18 bits per heavy atom. The van der Waals surface area contributed by atoms with Crippen molar-refractivity contribution >= 4 is 11.7 Å². The molecule has 4 rings (SSSR count). The summed E-state index contributed by atoms with van der Waals surface area (Å²) in [7, 11) is 0. The molecule has 0 N–H and O–H groups in total. The molecule has 0 unspecified atom stereocenters. The lowest BCUT2D eigenvalue weighted by atomic mass is 10.2. The van der Waals surface area contributed by atoms with Crippen LogP contribution in [-0.2, 0) is 6.54 Å². The van der Waals surface area contributed by atoms with E-state index in [1.165, 1.54) is 18.4 Å². The summed E-state index contributed by atoms with van der Waals surface area (Å²) in [6.45, 7) is 6.77. The van der Waals surface area contributed by atoms with Gasteiger partial charge in [-0.25, -0.2) is 4.98 Å². The van der Waals surface area contributed by atoms with Crippen molar-refractivity contribution < 1.29 is 4.79 Å². The highest BCUT2D eigenvalue weighted by molar-refractivity contribution is 5.94. The molecule has 1 amide bonds. The highest BCUT2D eigenvalue weighted by atomic mass is 16.2. The summed E-state index contributed by atoms with van der Waals surface area (Å²) in [4.78, 5) is 24.1. The summed E-state index contributed by atoms with van der Waals surface area (Å²) >= 11 is 0. The van der Waals surface area contributed by atoms with E-state index in [4.69, 9.17) is 0 Å². The number of hydrogen-bond acceptors (Lipinski definition) is 4. The second-order valence-corrected chi connectivity index (χ2v) is 7.86. The molecule has 1 aromatic carbocycles. The van der Waals surface area contributed by atoms with Crippen LogP contribution in [-0.4, -0.2) is 60.0 Å². The Labute approximate surface area is 168 Å². The van der Waals surface area contributed by atoms with Crippen LogP contribution in [0.15, 0.2) is 48.7 Å². The molecular weight excluding hydrogens is 348 g/mol. The molecular formula is C23H30N4O. The highest BCUT2D eigenvalue weighted by Crippen LogP contribution is 2.18. The van der Waals surface area contributed by atoms with Gasteiger partial charge < -0.3 is 9.80 Å². The smallest absolute Gasteiger partial charge is 0.255 e. The van der Waals surface area contributed by atoms with E-state index in [-0.39, 0.29) is 5.91 Å². The van der Waals surface area contributed by atoms with Gasteiger partial charge in [0.1, 0.15) is 5.82 Å². The minimum absolute atomic E-state index is 0.133. The van der Waals surface area contributed by atoms with Crippen LogP contribution in [0.5, 0.6) is 0 Å². The Hall–Kier alpha value is -2.40. The van der Waals surface area contributed by atoms with E-state index in [1.807, 2.05) is 17.0 Å². The quantitative estimate of drug-likeness (QED) is 0.817. The lowest BCUT2D eigenvalue weighted by Crippen LogP contribution is -2.46. The SMILES string of the molecule is O=C(c1ccc(N2CCN(Cc3ccccc3)CC2)nc1)N1CCCCCC1. The van der Waals surface area contributed by atoms with Crippen LogP contribution >= 0.6 is 0 Å². The van der Waals surface area contributed by atoms with Crippen LogP contribution in [0.1, 0.15) is 41.6 Å². The fraction of sp³-hybridized carbons (Fsp3) is 0.478. The Morgan fingerprint density at radius 1 is 0.821 bits per heavy atom. The number of carbonyl (C=O) groups excluding carboxylic acids is 1. The van der Waals surface area contributed by atoms with Gasteiger partial charge in [0.05, 0.1) is 5.56 Å². The average molecular weight is 379 g/mol. The number of pyridine rings is 1. The Morgan fingerprint density at radius 2 is 1.54 bits per heavy atom. The molecule has 0 spiro atoms. The van der Waals surface area contributed by atoms with Crippen LogP contribution in [0.25, 0.3) is 0 Å². The molecule has 2 saturated heterocycles. The van der Waals surface area contributed by atoms with Gasteiger partial charge in [0.25, 0.3) is 5.91 Å². The summed E-state index contributed by atoms with van der Waals surface area (Å²) < 4.78 is 0. The third kappa shape index (κ3) is 4.71. The highest BCUT2D eigenvalue weighted by Gasteiger charge is 2.20. The van der Waals surface area contributed by atoms with Crippen molar-refractivity contribution in [3.8, 4) is 0 Å².